The number of imidazole rings is 1. The number of nitrogens with one attached hydrogen (secondary N) is 1. The third kappa shape index (κ3) is 1.53. The summed E-state index contributed by atoms with van der Waals surface area (Å²) in [6, 6.07) is 0. The number of hydrogen-bond acceptors (Lipinski definition) is 6. The number of nitrogen functional groups attached to an aromatic ring is 2. The fraction of sp³-hybridized carbons (Fsp3) is 0.545. The normalized spacial score (nSPS) is 21.3. The first kappa shape index (κ1) is 10.4. The van der Waals surface area contributed by atoms with Gasteiger partial charge in [0.15, 0.2) is 16.6 Å². The third-order valence-electron chi connectivity index (χ3n) is 3.93. The Labute approximate surface area is 108 Å². The Kier molecular flexibility index (Phi) is 1.90. The molecule has 0 saturated heterocycles. The van der Waals surface area contributed by atoms with Crippen LogP contribution in [0.25, 0.3) is 11.2 Å². The number of thioether (sulfide) groups is 1. The molecule has 0 atom stereocenters. The van der Waals surface area contributed by atoms with Crippen molar-refractivity contribution in [3.05, 3.63) is 0 Å². The number of anilines is 2. The molecule has 18 heavy (non-hydrogen) atoms. The summed E-state index contributed by atoms with van der Waals surface area (Å²) >= 11 is 1.78. The lowest BCUT2D eigenvalue weighted by atomic mass is 9.81. The van der Waals surface area contributed by atoms with Crippen molar-refractivity contribution in [2.75, 3.05) is 11.5 Å². The monoisotopic (exact) mass is 262 g/mol. The lowest BCUT2D eigenvalue weighted by molar-refractivity contribution is 0.302. The minimum atomic E-state index is 0.170. The Morgan fingerprint density at radius 1 is 1.17 bits per heavy atom. The molecule has 2 aromatic heterocycles. The highest BCUT2D eigenvalue weighted by molar-refractivity contribution is 7.99. The van der Waals surface area contributed by atoms with Crippen molar-refractivity contribution in [1.82, 2.24) is 19.9 Å². The quantitative estimate of drug-likeness (QED) is 0.758. The zero-order valence-corrected chi connectivity index (χ0v) is 10.6. The second-order valence-electron chi connectivity index (χ2n) is 5.36. The standard InChI is InChI=1S/C11H14N6S/c12-7-6-8(16-9(13)15-7)17-10(14-6)18-5-3-11(4-5)1-2-11/h5H,1-4H2,(H5,12,13,14,15,16,17). The number of rotatable bonds is 2. The van der Waals surface area contributed by atoms with Gasteiger partial charge in [-0.1, -0.05) is 11.8 Å². The van der Waals surface area contributed by atoms with Gasteiger partial charge < -0.3 is 16.5 Å². The predicted octanol–water partition coefficient (Wildman–Crippen LogP) is 1.55. The van der Waals surface area contributed by atoms with E-state index in [-0.39, 0.29) is 5.95 Å². The summed E-state index contributed by atoms with van der Waals surface area (Å²) in [4.78, 5) is 15.6. The van der Waals surface area contributed by atoms with Crippen LogP contribution in [0.2, 0.25) is 0 Å². The van der Waals surface area contributed by atoms with Gasteiger partial charge in [0.05, 0.1) is 0 Å². The Balaban J connectivity index is 1.59. The zero-order valence-electron chi connectivity index (χ0n) is 9.81. The first-order chi connectivity index (χ1) is 8.63. The van der Waals surface area contributed by atoms with Crippen LogP contribution in [0.3, 0.4) is 0 Å². The van der Waals surface area contributed by atoms with Crippen LogP contribution in [-0.4, -0.2) is 25.2 Å². The smallest absolute Gasteiger partial charge is 0.224 e. The summed E-state index contributed by atoms with van der Waals surface area (Å²) in [7, 11) is 0. The van der Waals surface area contributed by atoms with Gasteiger partial charge in [-0.25, -0.2) is 4.98 Å². The van der Waals surface area contributed by atoms with Crippen LogP contribution >= 0.6 is 11.8 Å². The molecule has 5 N–H and O–H groups in total. The van der Waals surface area contributed by atoms with Crippen molar-refractivity contribution in [1.29, 1.82) is 0 Å². The summed E-state index contributed by atoms with van der Waals surface area (Å²) in [5, 5.41) is 1.55. The van der Waals surface area contributed by atoms with Gasteiger partial charge in [0, 0.05) is 5.25 Å². The molecule has 2 heterocycles. The number of fused-ring (bicyclic) bond motifs is 1. The maximum atomic E-state index is 5.79. The highest BCUT2D eigenvalue weighted by Crippen LogP contribution is 2.64. The van der Waals surface area contributed by atoms with Gasteiger partial charge in [-0.15, -0.1) is 0 Å². The summed E-state index contributed by atoms with van der Waals surface area (Å²) in [6.07, 6.45) is 5.47. The molecule has 2 saturated carbocycles. The first-order valence-electron chi connectivity index (χ1n) is 6.09. The van der Waals surface area contributed by atoms with Crippen LogP contribution in [0.4, 0.5) is 11.8 Å². The molecule has 6 nitrogen and oxygen atoms in total. The third-order valence-corrected chi connectivity index (χ3v) is 5.01. The minimum absolute atomic E-state index is 0.170. The molecule has 0 amide bonds. The fourth-order valence-electron chi connectivity index (χ4n) is 2.70. The van der Waals surface area contributed by atoms with Gasteiger partial charge in [-0.05, 0) is 31.1 Å². The Bertz CT molecular complexity index is 624. The van der Waals surface area contributed by atoms with E-state index >= 15 is 0 Å². The molecule has 7 heteroatoms. The number of nitrogens with zero attached hydrogens (tertiary/aromatic N) is 3. The van der Waals surface area contributed by atoms with E-state index < -0.39 is 0 Å². The van der Waals surface area contributed by atoms with Gasteiger partial charge in [0.2, 0.25) is 5.95 Å². The van der Waals surface area contributed by atoms with E-state index in [1.54, 1.807) is 11.8 Å². The molecule has 0 unspecified atom stereocenters. The van der Waals surface area contributed by atoms with Crippen molar-refractivity contribution in [2.45, 2.75) is 36.1 Å². The maximum Gasteiger partial charge on any atom is 0.224 e. The van der Waals surface area contributed by atoms with E-state index in [4.69, 9.17) is 11.5 Å². The van der Waals surface area contributed by atoms with Crippen LogP contribution < -0.4 is 11.5 Å². The molecule has 0 radical (unpaired) electrons. The Morgan fingerprint density at radius 3 is 2.67 bits per heavy atom. The SMILES string of the molecule is Nc1nc(N)c2[nH]c(SC3CC4(CC4)C3)nc2n1. The number of aromatic amines is 1. The molecule has 2 aliphatic rings. The molecule has 0 bridgehead atoms. The first-order valence-corrected chi connectivity index (χ1v) is 6.97. The van der Waals surface area contributed by atoms with Crippen LogP contribution in [0, 0.1) is 5.41 Å². The number of aromatic nitrogens is 4. The molecule has 2 aromatic rings. The largest absolute Gasteiger partial charge is 0.382 e. The van der Waals surface area contributed by atoms with E-state index in [1.165, 1.54) is 25.7 Å². The van der Waals surface area contributed by atoms with Gasteiger partial charge >= 0.3 is 0 Å². The van der Waals surface area contributed by atoms with E-state index in [9.17, 15) is 0 Å². The predicted molar refractivity (Wildman–Crippen MR) is 71.1 cm³/mol. The average Bonchev–Trinajstić information content (AvgIpc) is 2.93. The molecule has 0 aromatic carbocycles. The van der Waals surface area contributed by atoms with Crippen LogP contribution in [-0.2, 0) is 0 Å². The number of hydrogen-bond donors (Lipinski definition) is 3. The van der Waals surface area contributed by atoms with Crippen molar-refractivity contribution < 1.29 is 0 Å². The second-order valence-corrected chi connectivity index (χ2v) is 6.64. The van der Waals surface area contributed by atoms with Gasteiger partial charge in [0.1, 0.15) is 5.52 Å². The maximum absolute atomic E-state index is 5.79. The van der Waals surface area contributed by atoms with E-state index in [2.05, 4.69) is 19.9 Å². The fourth-order valence-corrected chi connectivity index (χ4v) is 4.19. The van der Waals surface area contributed by atoms with Crippen molar-refractivity contribution in [2.24, 2.45) is 5.41 Å². The minimum Gasteiger partial charge on any atom is -0.382 e. The Hall–Kier alpha value is -1.50. The lowest BCUT2D eigenvalue weighted by Crippen LogP contribution is -2.27. The lowest BCUT2D eigenvalue weighted by Gasteiger charge is -2.34. The zero-order chi connectivity index (χ0) is 12.3. The summed E-state index contributed by atoms with van der Waals surface area (Å²) in [6.45, 7) is 0. The van der Waals surface area contributed by atoms with E-state index in [1.807, 2.05) is 0 Å². The summed E-state index contributed by atoms with van der Waals surface area (Å²) < 4.78 is 0. The molecule has 0 aliphatic heterocycles. The molecular formula is C11H14N6S. The van der Waals surface area contributed by atoms with Crippen molar-refractivity contribution in [3.8, 4) is 0 Å². The second kappa shape index (κ2) is 3.28. The molecule has 1 spiro atoms. The molecule has 94 valence electrons. The summed E-state index contributed by atoms with van der Waals surface area (Å²) in [5.74, 6) is 0.535. The average molecular weight is 262 g/mol. The van der Waals surface area contributed by atoms with Gasteiger partial charge in [-0.2, -0.15) is 9.97 Å². The molecule has 4 rings (SSSR count). The van der Waals surface area contributed by atoms with Crippen LogP contribution in [0.1, 0.15) is 25.7 Å². The van der Waals surface area contributed by atoms with Crippen molar-refractivity contribution in [3.63, 3.8) is 0 Å². The van der Waals surface area contributed by atoms with Crippen LogP contribution in [0.5, 0.6) is 0 Å². The van der Waals surface area contributed by atoms with E-state index in [0.29, 0.717) is 27.6 Å². The van der Waals surface area contributed by atoms with Crippen molar-refractivity contribution >= 4 is 34.7 Å². The van der Waals surface area contributed by atoms with Crippen LogP contribution in [0.15, 0.2) is 5.16 Å². The Morgan fingerprint density at radius 2 is 1.94 bits per heavy atom. The highest BCUT2D eigenvalue weighted by atomic mass is 32.2. The number of nitrogens with two attached hydrogens (primary N) is 2. The molecule has 2 aliphatic carbocycles. The molecular weight excluding hydrogens is 248 g/mol. The summed E-state index contributed by atoms with van der Waals surface area (Å²) in [5.41, 5.74) is 13.3. The molecule has 2 fully saturated rings. The highest BCUT2D eigenvalue weighted by Gasteiger charge is 2.53. The van der Waals surface area contributed by atoms with Gasteiger partial charge in [0.25, 0.3) is 0 Å². The topological polar surface area (TPSA) is 106 Å². The van der Waals surface area contributed by atoms with E-state index in [0.717, 1.165) is 5.16 Å². The number of H-pyrrole nitrogens is 1. The van der Waals surface area contributed by atoms with Gasteiger partial charge in [-0.3, -0.25) is 0 Å².